The zero-order chi connectivity index (χ0) is 10.8. The fourth-order valence-corrected chi connectivity index (χ4v) is 1.14. The number of nitrogens with one attached hydrogen (secondary N) is 2. The number of esters is 1. The molecule has 1 aliphatic rings. The first-order chi connectivity index (χ1) is 6.38. The molecule has 1 amide bonds. The van der Waals surface area contributed by atoms with Gasteiger partial charge < -0.3 is 15.4 Å². The van der Waals surface area contributed by atoms with Crippen LogP contribution in [-0.2, 0) is 14.3 Å². The van der Waals surface area contributed by atoms with Crippen LogP contribution in [0, 0.1) is 0 Å². The highest BCUT2D eigenvalue weighted by atomic mass is 16.6. The molecule has 0 aromatic heterocycles. The van der Waals surface area contributed by atoms with E-state index in [0.717, 1.165) is 0 Å². The molecule has 1 unspecified atom stereocenters. The number of amides is 1. The van der Waals surface area contributed by atoms with Crippen molar-refractivity contribution in [2.75, 3.05) is 13.1 Å². The van der Waals surface area contributed by atoms with Crippen molar-refractivity contribution in [1.82, 2.24) is 10.6 Å². The summed E-state index contributed by atoms with van der Waals surface area (Å²) in [7, 11) is 0. The molecule has 2 N–H and O–H groups in total. The molecule has 5 nitrogen and oxygen atoms in total. The average molecular weight is 200 g/mol. The van der Waals surface area contributed by atoms with Crippen LogP contribution in [0.2, 0.25) is 0 Å². The molecule has 0 bridgehead atoms. The van der Waals surface area contributed by atoms with Crippen molar-refractivity contribution in [3.8, 4) is 0 Å². The normalized spacial score (nSPS) is 22.8. The monoisotopic (exact) mass is 200 g/mol. The molecule has 5 heteroatoms. The van der Waals surface area contributed by atoms with Crippen molar-refractivity contribution in [1.29, 1.82) is 0 Å². The third-order valence-electron chi connectivity index (χ3n) is 1.66. The molecule has 1 saturated heterocycles. The summed E-state index contributed by atoms with van der Waals surface area (Å²) >= 11 is 0. The van der Waals surface area contributed by atoms with Gasteiger partial charge in [-0.25, -0.2) is 4.79 Å². The Hall–Kier alpha value is -1.10. The third kappa shape index (κ3) is 3.33. The highest BCUT2D eigenvalue weighted by molar-refractivity contribution is 5.87. The Labute approximate surface area is 83.2 Å². The van der Waals surface area contributed by atoms with Crippen molar-refractivity contribution in [2.45, 2.75) is 32.4 Å². The van der Waals surface area contributed by atoms with Crippen LogP contribution >= 0.6 is 0 Å². The number of hydrogen-bond donors (Lipinski definition) is 2. The Morgan fingerprint density at radius 3 is 2.64 bits per heavy atom. The molecule has 80 valence electrons. The SMILES string of the molecule is CC(C)(C)OC(=O)C1CNCC(=O)N1. The highest BCUT2D eigenvalue weighted by Gasteiger charge is 2.28. The van der Waals surface area contributed by atoms with Crippen LogP contribution in [-0.4, -0.2) is 36.6 Å². The Balaban J connectivity index is 2.48. The quantitative estimate of drug-likeness (QED) is 0.555. The predicted molar refractivity (Wildman–Crippen MR) is 50.6 cm³/mol. The molecule has 1 atom stereocenters. The van der Waals surface area contributed by atoms with E-state index in [9.17, 15) is 9.59 Å². The number of rotatable bonds is 1. The Morgan fingerprint density at radius 1 is 1.50 bits per heavy atom. The van der Waals surface area contributed by atoms with Crippen LogP contribution in [0.4, 0.5) is 0 Å². The number of ether oxygens (including phenoxy) is 1. The minimum atomic E-state index is -0.560. The first-order valence-electron chi connectivity index (χ1n) is 4.61. The fraction of sp³-hybridized carbons (Fsp3) is 0.778. The lowest BCUT2D eigenvalue weighted by Crippen LogP contribution is -2.56. The van der Waals surface area contributed by atoms with E-state index in [-0.39, 0.29) is 12.5 Å². The van der Waals surface area contributed by atoms with E-state index in [0.29, 0.717) is 6.54 Å². The van der Waals surface area contributed by atoms with E-state index in [4.69, 9.17) is 4.74 Å². The lowest BCUT2D eigenvalue weighted by Gasteiger charge is -2.27. The van der Waals surface area contributed by atoms with E-state index >= 15 is 0 Å². The van der Waals surface area contributed by atoms with Crippen LogP contribution < -0.4 is 10.6 Å². The summed E-state index contributed by atoms with van der Waals surface area (Å²) in [5.74, 6) is -0.565. The van der Waals surface area contributed by atoms with Gasteiger partial charge in [0.05, 0.1) is 6.54 Å². The summed E-state index contributed by atoms with van der Waals surface area (Å²) in [4.78, 5) is 22.4. The van der Waals surface area contributed by atoms with Gasteiger partial charge in [0.2, 0.25) is 5.91 Å². The van der Waals surface area contributed by atoms with Gasteiger partial charge >= 0.3 is 5.97 Å². The molecule has 0 aromatic carbocycles. The van der Waals surface area contributed by atoms with Gasteiger partial charge in [-0.15, -0.1) is 0 Å². The molecular weight excluding hydrogens is 184 g/mol. The van der Waals surface area contributed by atoms with Crippen molar-refractivity contribution < 1.29 is 14.3 Å². The molecule has 14 heavy (non-hydrogen) atoms. The lowest BCUT2D eigenvalue weighted by molar-refractivity contribution is -0.159. The molecule has 1 fully saturated rings. The summed E-state index contributed by atoms with van der Waals surface area (Å²) < 4.78 is 5.13. The van der Waals surface area contributed by atoms with E-state index in [1.54, 1.807) is 20.8 Å². The number of hydrogen-bond acceptors (Lipinski definition) is 4. The van der Waals surface area contributed by atoms with Gasteiger partial charge in [0.1, 0.15) is 11.6 Å². The summed E-state index contributed by atoms with van der Waals surface area (Å²) in [5, 5.41) is 5.40. The largest absolute Gasteiger partial charge is 0.458 e. The predicted octanol–water partition coefficient (Wildman–Crippen LogP) is -0.584. The molecule has 0 saturated carbocycles. The van der Waals surface area contributed by atoms with E-state index in [1.165, 1.54) is 0 Å². The Morgan fingerprint density at radius 2 is 2.14 bits per heavy atom. The smallest absolute Gasteiger partial charge is 0.330 e. The maximum Gasteiger partial charge on any atom is 0.330 e. The van der Waals surface area contributed by atoms with Crippen molar-refractivity contribution >= 4 is 11.9 Å². The number of piperazine rings is 1. The lowest BCUT2D eigenvalue weighted by atomic mass is 10.2. The molecular formula is C9H16N2O3. The average Bonchev–Trinajstić information content (AvgIpc) is 2.01. The second-order valence-corrected chi connectivity index (χ2v) is 4.28. The number of carbonyl (C=O) groups is 2. The standard InChI is InChI=1S/C9H16N2O3/c1-9(2,3)14-8(13)6-4-10-5-7(12)11-6/h6,10H,4-5H2,1-3H3,(H,11,12). The first kappa shape index (κ1) is 11.0. The zero-order valence-electron chi connectivity index (χ0n) is 8.72. The van der Waals surface area contributed by atoms with Crippen LogP contribution in [0.25, 0.3) is 0 Å². The fourth-order valence-electron chi connectivity index (χ4n) is 1.14. The minimum absolute atomic E-state index is 0.174. The summed E-state index contributed by atoms with van der Waals surface area (Å²) in [6, 6.07) is -0.560. The van der Waals surface area contributed by atoms with Crippen LogP contribution in [0.15, 0.2) is 0 Å². The molecule has 0 spiro atoms. The zero-order valence-corrected chi connectivity index (χ0v) is 8.72. The van der Waals surface area contributed by atoms with Crippen molar-refractivity contribution in [2.24, 2.45) is 0 Å². The van der Waals surface area contributed by atoms with E-state index in [1.807, 2.05) is 0 Å². The van der Waals surface area contributed by atoms with Crippen LogP contribution in [0.1, 0.15) is 20.8 Å². The van der Waals surface area contributed by atoms with Crippen LogP contribution in [0.5, 0.6) is 0 Å². The van der Waals surface area contributed by atoms with Gasteiger partial charge in [-0.05, 0) is 20.8 Å². The molecule has 1 aliphatic heterocycles. The second kappa shape index (κ2) is 3.96. The Bertz CT molecular complexity index is 245. The third-order valence-corrected chi connectivity index (χ3v) is 1.66. The van der Waals surface area contributed by atoms with Gasteiger partial charge in [0, 0.05) is 6.54 Å². The molecule has 1 heterocycles. The van der Waals surface area contributed by atoms with Gasteiger partial charge in [0.15, 0.2) is 0 Å². The topological polar surface area (TPSA) is 67.4 Å². The van der Waals surface area contributed by atoms with Gasteiger partial charge in [0.25, 0.3) is 0 Å². The first-order valence-corrected chi connectivity index (χ1v) is 4.61. The maximum absolute atomic E-state index is 11.5. The highest BCUT2D eigenvalue weighted by Crippen LogP contribution is 2.08. The summed E-state index contributed by atoms with van der Waals surface area (Å²) in [6.07, 6.45) is 0. The summed E-state index contributed by atoms with van der Waals surface area (Å²) in [6.45, 7) is 6.08. The molecule has 0 aliphatic carbocycles. The van der Waals surface area contributed by atoms with E-state index < -0.39 is 17.6 Å². The maximum atomic E-state index is 11.5. The van der Waals surface area contributed by atoms with Gasteiger partial charge in [-0.3, -0.25) is 4.79 Å². The van der Waals surface area contributed by atoms with Crippen molar-refractivity contribution in [3.63, 3.8) is 0 Å². The van der Waals surface area contributed by atoms with Gasteiger partial charge in [-0.1, -0.05) is 0 Å². The second-order valence-electron chi connectivity index (χ2n) is 4.28. The van der Waals surface area contributed by atoms with Crippen LogP contribution in [0.3, 0.4) is 0 Å². The number of carbonyl (C=O) groups excluding carboxylic acids is 2. The molecule has 0 radical (unpaired) electrons. The van der Waals surface area contributed by atoms with E-state index in [2.05, 4.69) is 10.6 Å². The van der Waals surface area contributed by atoms with Gasteiger partial charge in [-0.2, -0.15) is 0 Å². The molecule has 1 rings (SSSR count). The van der Waals surface area contributed by atoms with Crippen molar-refractivity contribution in [3.05, 3.63) is 0 Å². The summed E-state index contributed by atoms with van der Waals surface area (Å²) in [5.41, 5.74) is -0.515. The minimum Gasteiger partial charge on any atom is -0.458 e. The Kier molecular flexibility index (Phi) is 3.10. The molecule has 0 aromatic rings.